The summed E-state index contributed by atoms with van der Waals surface area (Å²) in [7, 11) is -2.81. The Bertz CT molecular complexity index is 202. The van der Waals surface area contributed by atoms with Crippen LogP contribution in [-0.4, -0.2) is 40.1 Å². The molecule has 0 aromatic heterocycles. The Morgan fingerprint density at radius 1 is 0.933 bits per heavy atom. The Hall–Kier alpha value is 0.730. The zero-order valence-electron chi connectivity index (χ0n) is 9.91. The molecule has 3 nitrogen and oxygen atoms in total. The van der Waals surface area contributed by atoms with Gasteiger partial charge < -0.3 is 0 Å². The summed E-state index contributed by atoms with van der Waals surface area (Å²) in [6, 6.07) is 0. The summed E-state index contributed by atoms with van der Waals surface area (Å²) in [5, 5.41) is 0. The molecule has 0 radical (unpaired) electrons. The van der Waals surface area contributed by atoms with Crippen molar-refractivity contribution in [3.8, 4) is 0 Å². The van der Waals surface area contributed by atoms with Crippen molar-refractivity contribution in [2.45, 2.75) is 32.3 Å². The fourth-order valence-corrected chi connectivity index (χ4v) is 5.64. The van der Waals surface area contributed by atoms with Crippen molar-refractivity contribution >= 4 is 30.6 Å². The Balaban J connectivity index is 5.11. The van der Waals surface area contributed by atoms with Crippen LogP contribution < -0.4 is 0 Å². The van der Waals surface area contributed by atoms with E-state index in [0.29, 0.717) is 26.2 Å². The van der Waals surface area contributed by atoms with Gasteiger partial charge in [0.25, 0.3) is 0 Å². The van der Waals surface area contributed by atoms with E-state index >= 15 is 0 Å². The third kappa shape index (κ3) is 3.34. The van der Waals surface area contributed by atoms with E-state index in [1.54, 1.807) is 0 Å². The van der Waals surface area contributed by atoms with Gasteiger partial charge in [-0.05, 0) is 0 Å². The molecule has 0 saturated heterocycles. The number of hydrogen-bond acceptors (Lipinski definition) is 1. The Morgan fingerprint density at radius 3 is 1.33 bits per heavy atom. The molecule has 0 aliphatic carbocycles. The normalized spacial score (nSPS) is 13.1. The molecule has 6 heteroatoms. The lowest BCUT2D eigenvalue weighted by Gasteiger charge is -2.38. The van der Waals surface area contributed by atoms with E-state index in [0.717, 1.165) is 0 Å². The highest BCUT2D eigenvalue weighted by Crippen LogP contribution is 2.59. The molecule has 0 atom stereocenters. The molecule has 0 aliphatic rings. The molecule has 0 fully saturated rings. The maximum atomic E-state index is 12.8. The van der Waals surface area contributed by atoms with Crippen LogP contribution in [0.25, 0.3) is 0 Å². The summed E-state index contributed by atoms with van der Waals surface area (Å²) in [4.78, 5) is 0. The first-order valence-electron chi connectivity index (χ1n) is 5.37. The van der Waals surface area contributed by atoms with Crippen LogP contribution in [0.2, 0.25) is 0 Å². The zero-order valence-corrected chi connectivity index (χ0v) is 12.3. The Labute approximate surface area is 103 Å². The molecule has 0 aromatic rings. The quantitative estimate of drug-likeness (QED) is 0.523. The van der Waals surface area contributed by atoms with Gasteiger partial charge in [0.1, 0.15) is 0 Å². The molecule has 0 heterocycles. The van der Waals surface area contributed by atoms with E-state index in [1.807, 2.05) is 37.0 Å². The molecule has 0 spiro atoms. The van der Waals surface area contributed by atoms with Crippen molar-refractivity contribution in [1.29, 1.82) is 0 Å². The molecular formula is C9H21Cl2N2OP. The van der Waals surface area contributed by atoms with Gasteiger partial charge in [0, 0.05) is 26.2 Å². The lowest BCUT2D eigenvalue weighted by molar-refractivity contribution is 0.361. The highest BCUT2D eigenvalue weighted by Gasteiger charge is 2.40. The number of rotatable bonds is 7. The lowest BCUT2D eigenvalue weighted by Crippen LogP contribution is -2.34. The van der Waals surface area contributed by atoms with E-state index in [4.69, 9.17) is 23.2 Å². The average Bonchev–Trinajstić information content (AvgIpc) is 2.21. The van der Waals surface area contributed by atoms with Gasteiger partial charge in [-0.15, -0.1) is 0 Å². The predicted molar refractivity (Wildman–Crippen MR) is 68.9 cm³/mol. The Morgan fingerprint density at radius 2 is 1.20 bits per heavy atom. The number of hydrogen-bond donors (Lipinski definition) is 0. The summed E-state index contributed by atoms with van der Waals surface area (Å²) in [6.45, 7) is 10.7. The second kappa shape index (κ2) is 7.13. The van der Waals surface area contributed by atoms with Gasteiger partial charge in [-0.1, -0.05) is 50.9 Å². The van der Waals surface area contributed by atoms with Gasteiger partial charge in [0.2, 0.25) is 7.44 Å². The molecule has 0 aliphatic heterocycles. The highest BCUT2D eigenvalue weighted by molar-refractivity contribution is 7.63. The van der Waals surface area contributed by atoms with Crippen molar-refractivity contribution in [2.24, 2.45) is 0 Å². The van der Waals surface area contributed by atoms with Crippen molar-refractivity contribution in [1.82, 2.24) is 9.34 Å². The van der Waals surface area contributed by atoms with E-state index in [1.165, 1.54) is 0 Å². The fourth-order valence-electron chi connectivity index (χ4n) is 1.68. The number of alkyl halides is 2. The first-order chi connectivity index (χ1) is 6.98. The van der Waals surface area contributed by atoms with Crippen molar-refractivity contribution in [3.63, 3.8) is 0 Å². The third-order valence-electron chi connectivity index (χ3n) is 2.52. The molecule has 0 saturated carbocycles. The SMILES string of the molecule is CCN(CC)P(=O)(C(Cl)Cl)N(CC)CC. The summed E-state index contributed by atoms with van der Waals surface area (Å²) in [5.41, 5.74) is 0. The zero-order chi connectivity index (χ0) is 12.1. The van der Waals surface area contributed by atoms with Crippen molar-refractivity contribution < 1.29 is 4.57 Å². The van der Waals surface area contributed by atoms with Crippen LogP contribution in [0.5, 0.6) is 0 Å². The van der Waals surface area contributed by atoms with Crippen LogP contribution in [0.1, 0.15) is 27.7 Å². The molecular weight excluding hydrogens is 254 g/mol. The van der Waals surface area contributed by atoms with Crippen molar-refractivity contribution in [2.75, 3.05) is 26.2 Å². The van der Waals surface area contributed by atoms with Crippen LogP contribution in [0, 0.1) is 0 Å². The first kappa shape index (κ1) is 15.7. The molecule has 0 aromatic carbocycles. The smallest absolute Gasteiger partial charge is 0.248 e. The molecule has 0 N–H and O–H groups in total. The van der Waals surface area contributed by atoms with Crippen LogP contribution in [-0.2, 0) is 4.57 Å². The average molecular weight is 275 g/mol. The fraction of sp³-hybridized carbons (Fsp3) is 1.00. The first-order valence-corrected chi connectivity index (χ1v) is 7.92. The van der Waals surface area contributed by atoms with Crippen LogP contribution in [0.4, 0.5) is 0 Å². The van der Waals surface area contributed by atoms with E-state index in [9.17, 15) is 4.57 Å². The maximum Gasteiger partial charge on any atom is 0.248 e. The van der Waals surface area contributed by atoms with E-state index in [-0.39, 0.29) is 0 Å². The minimum Gasteiger partial charge on any atom is -0.286 e. The minimum absolute atomic E-state index is 0.695. The van der Waals surface area contributed by atoms with Gasteiger partial charge in [0.05, 0.1) is 0 Å². The monoisotopic (exact) mass is 274 g/mol. The Kier molecular flexibility index (Phi) is 7.48. The van der Waals surface area contributed by atoms with Gasteiger partial charge in [-0.2, -0.15) is 0 Å². The number of halogens is 2. The highest BCUT2D eigenvalue weighted by atomic mass is 35.5. The third-order valence-corrected chi connectivity index (χ3v) is 7.31. The van der Waals surface area contributed by atoms with Crippen LogP contribution >= 0.6 is 30.6 Å². The topological polar surface area (TPSA) is 23.6 Å². The molecule has 92 valence electrons. The van der Waals surface area contributed by atoms with E-state index in [2.05, 4.69) is 0 Å². The molecule has 0 unspecified atom stereocenters. The van der Waals surface area contributed by atoms with E-state index < -0.39 is 12.0 Å². The van der Waals surface area contributed by atoms with Gasteiger partial charge in [-0.3, -0.25) is 4.57 Å². The summed E-state index contributed by atoms with van der Waals surface area (Å²) >= 11 is 11.8. The molecule has 0 bridgehead atoms. The second-order valence-corrected chi connectivity index (χ2v) is 7.68. The van der Waals surface area contributed by atoms with Gasteiger partial charge in [-0.25, -0.2) is 9.34 Å². The molecule has 0 rings (SSSR count). The standard InChI is InChI=1S/C9H21Cl2N2OP/c1-5-12(6-2)15(14,9(10)11)13(7-3)8-4/h9H,5-8H2,1-4H3. The molecule has 15 heavy (non-hydrogen) atoms. The molecule has 0 amide bonds. The summed E-state index contributed by atoms with van der Waals surface area (Å²) in [5.74, 6) is 0. The van der Waals surface area contributed by atoms with Gasteiger partial charge >= 0.3 is 0 Å². The van der Waals surface area contributed by atoms with Crippen LogP contribution in [0.15, 0.2) is 0 Å². The number of nitrogens with zero attached hydrogens (tertiary/aromatic N) is 2. The summed E-state index contributed by atoms with van der Waals surface area (Å²) < 4.78 is 15.7. The minimum atomic E-state index is -2.81. The van der Waals surface area contributed by atoms with Crippen LogP contribution in [0.3, 0.4) is 0 Å². The van der Waals surface area contributed by atoms with Gasteiger partial charge in [0.15, 0.2) is 4.58 Å². The van der Waals surface area contributed by atoms with Crippen molar-refractivity contribution in [3.05, 3.63) is 0 Å². The maximum absolute atomic E-state index is 12.8. The summed E-state index contributed by atoms with van der Waals surface area (Å²) in [6.07, 6.45) is 0. The lowest BCUT2D eigenvalue weighted by atomic mass is 10.7. The second-order valence-electron chi connectivity index (χ2n) is 3.14. The largest absolute Gasteiger partial charge is 0.286 e. The predicted octanol–water partition coefficient (Wildman–Crippen LogP) is 3.62.